The minimum Gasteiger partial charge on any atom is -0.364 e. The zero-order chi connectivity index (χ0) is 7.52. The molecule has 2 heteroatoms. The Hall–Kier alpha value is -1.57. The van der Waals surface area contributed by atoms with Crippen LogP contribution in [-0.4, -0.2) is 5.16 Å². The number of benzene rings is 1. The topological polar surface area (TPSA) is 26.0 Å². The fourth-order valence-electron chi connectivity index (χ4n) is 0.919. The monoisotopic (exact) mass is 144 g/mol. The van der Waals surface area contributed by atoms with Crippen molar-refractivity contribution in [3.8, 4) is 11.3 Å². The third kappa shape index (κ3) is 1.15. The first-order chi connectivity index (χ1) is 5.47. The summed E-state index contributed by atoms with van der Waals surface area (Å²) in [7, 11) is 0. The Morgan fingerprint density at radius 2 is 2.00 bits per heavy atom. The smallest absolute Gasteiger partial charge is 0.124 e. The summed E-state index contributed by atoms with van der Waals surface area (Å²) in [6.45, 7) is 0. The van der Waals surface area contributed by atoms with E-state index >= 15 is 0 Å². The summed E-state index contributed by atoms with van der Waals surface area (Å²) >= 11 is 0. The molecule has 1 aromatic carbocycles. The van der Waals surface area contributed by atoms with Gasteiger partial charge in [0.2, 0.25) is 0 Å². The second-order valence-electron chi connectivity index (χ2n) is 2.17. The molecule has 0 bridgehead atoms. The van der Waals surface area contributed by atoms with Crippen molar-refractivity contribution in [3.05, 3.63) is 42.7 Å². The highest BCUT2D eigenvalue weighted by atomic mass is 16.5. The van der Waals surface area contributed by atoms with Gasteiger partial charge in [-0.15, -0.1) is 0 Å². The van der Waals surface area contributed by atoms with Crippen LogP contribution in [0.2, 0.25) is 0 Å². The molecule has 0 atom stereocenters. The van der Waals surface area contributed by atoms with Crippen LogP contribution in [0.3, 0.4) is 0 Å². The average Bonchev–Trinajstić information content (AvgIpc) is 2.58. The molecule has 1 radical (unpaired) electrons. The maximum Gasteiger partial charge on any atom is 0.124 e. The van der Waals surface area contributed by atoms with Gasteiger partial charge in [-0.1, -0.05) is 29.4 Å². The van der Waals surface area contributed by atoms with Crippen LogP contribution < -0.4 is 0 Å². The van der Waals surface area contributed by atoms with E-state index in [9.17, 15) is 0 Å². The van der Waals surface area contributed by atoms with Crippen molar-refractivity contribution in [1.82, 2.24) is 5.16 Å². The summed E-state index contributed by atoms with van der Waals surface area (Å²) in [4.78, 5) is 0. The molecule has 0 aliphatic carbocycles. The van der Waals surface area contributed by atoms with Crippen LogP contribution in [0.25, 0.3) is 11.3 Å². The molecule has 1 aromatic heterocycles. The molecule has 0 unspecified atom stereocenters. The fourth-order valence-corrected chi connectivity index (χ4v) is 0.919. The lowest BCUT2D eigenvalue weighted by Crippen LogP contribution is -1.73. The predicted molar refractivity (Wildman–Crippen MR) is 40.8 cm³/mol. The van der Waals surface area contributed by atoms with Crippen molar-refractivity contribution in [1.29, 1.82) is 0 Å². The van der Waals surface area contributed by atoms with Gasteiger partial charge in [-0.25, -0.2) is 0 Å². The quantitative estimate of drug-likeness (QED) is 0.612. The molecule has 0 aliphatic heterocycles. The Bertz CT molecular complexity index is 313. The van der Waals surface area contributed by atoms with Crippen LogP contribution in [0.4, 0.5) is 0 Å². The first-order valence-corrected chi connectivity index (χ1v) is 3.34. The molecule has 0 fully saturated rings. The molecule has 2 rings (SSSR count). The predicted octanol–water partition coefficient (Wildman–Crippen LogP) is 2.14. The first kappa shape index (κ1) is 6.16. The van der Waals surface area contributed by atoms with Crippen LogP contribution >= 0.6 is 0 Å². The second kappa shape index (κ2) is 2.58. The van der Waals surface area contributed by atoms with E-state index in [1.165, 1.54) is 0 Å². The minimum atomic E-state index is 0.860. The van der Waals surface area contributed by atoms with E-state index < -0.39 is 0 Å². The van der Waals surface area contributed by atoms with Crippen molar-refractivity contribution in [2.24, 2.45) is 0 Å². The van der Waals surface area contributed by atoms with Gasteiger partial charge in [0.15, 0.2) is 0 Å². The maximum atomic E-state index is 4.71. The van der Waals surface area contributed by atoms with Gasteiger partial charge in [-0.3, -0.25) is 0 Å². The van der Waals surface area contributed by atoms with E-state index in [0.717, 1.165) is 11.3 Å². The third-order valence-electron chi connectivity index (χ3n) is 1.45. The first-order valence-electron chi connectivity index (χ1n) is 3.34. The molecule has 0 N–H and O–H groups in total. The molecule has 0 saturated carbocycles. The molecular formula is C9H6NO. The van der Waals surface area contributed by atoms with Crippen LogP contribution in [0.1, 0.15) is 0 Å². The number of hydrogen-bond donors (Lipinski definition) is 0. The number of aromatic nitrogens is 1. The van der Waals surface area contributed by atoms with E-state index in [-0.39, 0.29) is 0 Å². The lowest BCUT2D eigenvalue weighted by Gasteiger charge is -1.90. The standard InChI is InChI=1S/C9H6NO/c1-2-4-8(5-3-1)9-6-7-11-10-9/h2-7H. The Kier molecular flexibility index (Phi) is 1.44. The minimum absolute atomic E-state index is 0.860. The van der Waals surface area contributed by atoms with E-state index in [0.29, 0.717) is 0 Å². The maximum absolute atomic E-state index is 4.71. The van der Waals surface area contributed by atoms with Gasteiger partial charge in [0.05, 0.1) is 0 Å². The Morgan fingerprint density at radius 3 is 2.64 bits per heavy atom. The second-order valence-corrected chi connectivity index (χ2v) is 2.17. The Labute approximate surface area is 64.5 Å². The van der Waals surface area contributed by atoms with Gasteiger partial charge in [-0.2, -0.15) is 0 Å². The summed E-state index contributed by atoms with van der Waals surface area (Å²) in [6, 6.07) is 12.4. The molecular weight excluding hydrogens is 138 g/mol. The van der Waals surface area contributed by atoms with E-state index in [4.69, 9.17) is 4.52 Å². The summed E-state index contributed by atoms with van der Waals surface area (Å²) in [5.41, 5.74) is 1.91. The lowest BCUT2D eigenvalue weighted by molar-refractivity contribution is 0.422. The van der Waals surface area contributed by atoms with Gasteiger partial charge >= 0.3 is 0 Å². The van der Waals surface area contributed by atoms with Gasteiger partial charge in [0, 0.05) is 11.6 Å². The van der Waals surface area contributed by atoms with Crippen molar-refractivity contribution in [2.45, 2.75) is 0 Å². The number of hydrogen-bond acceptors (Lipinski definition) is 2. The molecule has 11 heavy (non-hydrogen) atoms. The van der Waals surface area contributed by atoms with E-state index in [1.54, 1.807) is 6.26 Å². The Morgan fingerprint density at radius 1 is 1.18 bits per heavy atom. The summed E-state index contributed by atoms with van der Waals surface area (Å²) in [5.74, 6) is 0. The van der Waals surface area contributed by atoms with Gasteiger partial charge < -0.3 is 4.52 Å². The van der Waals surface area contributed by atoms with Gasteiger partial charge in [-0.05, 0) is 6.07 Å². The molecule has 53 valence electrons. The van der Waals surface area contributed by atoms with Crippen molar-refractivity contribution in [3.63, 3.8) is 0 Å². The van der Waals surface area contributed by atoms with E-state index in [2.05, 4.69) is 11.2 Å². The van der Waals surface area contributed by atoms with Gasteiger partial charge in [0.1, 0.15) is 12.0 Å². The normalized spacial score (nSPS) is 9.82. The van der Waals surface area contributed by atoms with Crippen molar-refractivity contribution >= 4 is 0 Å². The zero-order valence-corrected chi connectivity index (χ0v) is 5.82. The third-order valence-corrected chi connectivity index (χ3v) is 1.45. The summed E-state index contributed by atoms with van der Waals surface area (Å²) < 4.78 is 4.71. The molecule has 0 spiro atoms. The fraction of sp³-hybridized carbons (Fsp3) is 0. The highest BCUT2D eigenvalue weighted by molar-refractivity contribution is 5.57. The highest BCUT2D eigenvalue weighted by Gasteiger charge is 1.97. The van der Waals surface area contributed by atoms with Gasteiger partial charge in [0.25, 0.3) is 0 Å². The molecule has 1 heterocycles. The van der Waals surface area contributed by atoms with E-state index in [1.807, 2.05) is 30.3 Å². The van der Waals surface area contributed by atoms with Crippen molar-refractivity contribution < 1.29 is 4.52 Å². The summed E-state index contributed by atoms with van der Waals surface area (Å²) in [5, 5.41) is 3.80. The van der Waals surface area contributed by atoms with Crippen LogP contribution in [0.15, 0.2) is 41.1 Å². The molecule has 2 aromatic rings. The SMILES string of the molecule is [c]1ccc(-c2ccon2)cc1. The highest BCUT2D eigenvalue weighted by Crippen LogP contribution is 2.14. The van der Waals surface area contributed by atoms with Crippen LogP contribution in [0.5, 0.6) is 0 Å². The molecule has 0 amide bonds. The lowest BCUT2D eigenvalue weighted by atomic mass is 10.2. The summed E-state index contributed by atoms with van der Waals surface area (Å²) in [6.07, 6.45) is 1.56. The molecule has 0 aliphatic rings. The zero-order valence-electron chi connectivity index (χ0n) is 5.82. The average molecular weight is 144 g/mol. The van der Waals surface area contributed by atoms with Crippen LogP contribution in [-0.2, 0) is 0 Å². The largest absolute Gasteiger partial charge is 0.364 e. The van der Waals surface area contributed by atoms with Crippen LogP contribution in [0, 0.1) is 6.07 Å². The number of rotatable bonds is 1. The number of nitrogens with zero attached hydrogens (tertiary/aromatic N) is 1. The molecule has 2 nitrogen and oxygen atoms in total. The molecule has 0 saturated heterocycles. The van der Waals surface area contributed by atoms with Crippen molar-refractivity contribution in [2.75, 3.05) is 0 Å². The Balaban J connectivity index is 2.46.